The van der Waals surface area contributed by atoms with Crippen molar-refractivity contribution in [2.24, 2.45) is 0 Å². The van der Waals surface area contributed by atoms with Crippen LogP contribution in [0.3, 0.4) is 0 Å². The standard InChI is InChI=1S/C8H4BrClF2N2/c9-6-4(1-2-13)5(10)3-14-7(6)8(11)12/h3,8H,1H2. The lowest BCUT2D eigenvalue weighted by molar-refractivity contribution is 0.145. The monoisotopic (exact) mass is 280 g/mol. The molecule has 1 heterocycles. The van der Waals surface area contributed by atoms with Crippen LogP contribution in [0.25, 0.3) is 0 Å². The second-order valence-electron chi connectivity index (χ2n) is 2.42. The maximum atomic E-state index is 12.4. The lowest BCUT2D eigenvalue weighted by Crippen LogP contribution is -1.97. The average Bonchev–Trinajstić information content (AvgIpc) is 2.11. The minimum absolute atomic E-state index is 0.0261. The van der Waals surface area contributed by atoms with E-state index in [0.717, 1.165) is 6.20 Å². The van der Waals surface area contributed by atoms with E-state index in [1.165, 1.54) is 0 Å². The van der Waals surface area contributed by atoms with Gasteiger partial charge in [-0.25, -0.2) is 8.78 Å². The number of hydrogen-bond donors (Lipinski definition) is 0. The van der Waals surface area contributed by atoms with Gasteiger partial charge in [-0.1, -0.05) is 11.6 Å². The minimum Gasteiger partial charge on any atom is -0.253 e. The Labute approximate surface area is 92.6 Å². The van der Waals surface area contributed by atoms with Crippen LogP contribution in [0.4, 0.5) is 8.78 Å². The van der Waals surface area contributed by atoms with Gasteiger partial charge in [-0.15, -0.1) is 0 Å². The van der Waals surface area contributed by atoms with Crippen LogP contribution in [0.5, 0.6) is 0 Å². The van der Waals surface area contributed by atoms with Crippen molar-refractivity contribution in [3.63, 3.8) is 0 Å². The molecule has 0 amide bonds. The molecule has 0 atom stereocenters. The maximum absolute atomic E-state index is 12.4. The summed E-state index contributed by atoms with van der Waals surface area (Å²) in [5.41, 5.74) is -0.0425. The molecule has 1 aromatic rings. The Kier molecular flexibility index (Phi) is 3.78. The van der Waals surface area contributed by atoms with Crippen LogP contribution in [-0.4, -0.2) is 4.98 Å². The molecule has 2 nitrogen and oxygen atoms in total. The van der Waals surface area contributed by atoms with Gasteiger partial charge in [-0.05, 0) is 15.9 Å². The number of aromatic nitrogens is 1. The fourth-order valence-corrected chi connectivity index (χ4v) is 1.87. The summed E-state index contributed by atoms with van der Waals surface area (Å²) in [6, 6.07) is 1.84. The van der Waals surface area contributed by atoms with Gasteiger partial charge in [0.1, 0.15) is 5.69 Å². The van der Waals surface area contributed by atoms with Crippen molar-refractivity contribution >= 4 is 27.5 Å². The van der Waals surface area contributed by atoms with Crippen LogP contribution in [0.1, 0.15) is 17.7 Å². The second kappa shape index (κ2) is 4.67. The zero-order chi connectivity index (χ0) is 10.7. The number of halogens is 4. The third-order valence-corrected chi connectivity index (χ3v) is 2.77. The van der Waals surface area contributed by atoms with Gasteiger partial charge in [0.15, 0.2) is 0 Å². The van der Waals surface area contributed by atoms with E-state index in [-0.39, 0.29) is 21.6 Å². The lowest BCUT2D eigenvalue weighted by atomic mass is 10.2. The Morgan fingerprint density at radius 1 is 1.64 bits per heavy atom. The van der Waals surface area contributed by atoms with Crippen molar-refractivity contribution in [1.82, 2.24) is 4.98 Å². The quantitative estimate of drug-likeness (QED) is 0.832. The van der Waals surface area contributed by atoms with Crippen molar-refractivity contribution in [3.8, 4) is 6.07 Å². The number of nitrogens with zero attached hydrogens (tertiary/aromatic N) is 2. The highest BCUT2D eigenvalue weighted by atomic mass is 79.9. The number of pyridine rings is 1. The third kappa shape index (κ3) is 2.20. The zero-order valence-electron chi connectivity index (χ0n) is 6.77. The van der Waals surface area contributed by atoms with Gasteiger partial charge < -0.3 is 0 Å². The summed E-state index contributed by atoms with van der Waals surface area (Å²) in [6.45, 7) is 0. The van der Waals surface area contributed by atoms with E-state index in [9.17, 15) is 8.78 Å². The molecule has 0 aliphatic carbocycles. The molecule has 14 heavy (non-hydrogen) atoms. The van der Waals surface area contributed by atoms with E-state index in [2.05, 4.69) is 20.9 Å². The Hall–Kier alpha value is -0.730. The predicted octanol–water partition coefficient (Wildman–Crippen LogP) is 3.50. The van der Waals surface area contributed by atoms with E-state index in [4.69, 9.17) is 16.9 Å². The molecule has 1 rings (SSSR count). The highest BCUT2D eigenvalue weighted by molar-refractivity contribution is 9.10. The van der Waals surface area contributed by atoms with E-state index in [1.54, 1.807) is 0 Å². The Balaban J connectivity index is 3.27. The van der Waals surface area contributed by atoms with Crippen molar-refractivity contribution in [1.29, 1.82) is 5.26 Å². The van der Waals surface area contributed by atoms with Crippen molar-refractivity contribution in [2.45, 2.75) is 12.8 Å². The van der Waals surface area contributed by atoms with Crippen LogP contribution in [0, 0.1) is 11.3 Å². The first kappa shape index (κ1) is 11.3. The minimum atomic E-state index is -2.68. The summed E-state index contributed by atoms with van der Waals surface area (Å²) >= 11 is 8.65. The van der Waals surface area contributed by atoms with Crippen molar-refractivity contribution < 1.29 is 8.78 Å². The fourth-order valence-electron chi connectivity index (χ4n) is 0.913. The SMILES string of the molecule is N#CCc1c(Cl)cnc(C(F)F)c1Br. The van der Waals surface area contributed by atoms with Gasteiger partial charge in [0, 0.05) is 11.8 Å². The molecule has 0 N–H and O–H groups in total. The summed E-state index contributed by atoms with van der Waals surface area (Å²) in [7, 11) is 0. The van der Waals surface area contributed by atoms with Gasteiger partial charge in [-0.2, -0.15) is 5.26 Å². The number of nitriles is 1. The van der Waals surface area contributed by atoms with Crippen LogP contribution in [-0.2, 0) is 6.42 Å². The molecule has 0 saturated carbocycles. The normalized spacial score (nSPS) is 10.3. The summed E-state index contributed by atoms with van der Waals surface area (Å²) in [6.07, 6.45) is -1.58. The molecular weight excluding hydrogens is 277 g/mol. The molecular formula is C8H4BrClF2N2. The molecule has 0 saturated heterocycles. The van der Waals surface area contributed by atoms with Crippen LogP contribution < -0.4 is 0 Å². The molecule has 0 spiro atoms. The topological polar surface area (TPSA) is 36.7 Å². The first-order chi connectivity index (χ1) is 6.57. The van der Waals surface area contributed by atoms with Crippen molar-refractivity contribution in [3.05, 3.63) is 26.9 Å². The Bertz CT molecular complexity index is 390. The molecule has 0 aliphatic heterocycles. The average molecular weight is 281 g/mol. The van der Waals surface area contributed by atoms with Gasteiger partial charge in [0.05, 0.1) is 22.0 Å². The van der Waals surface area contributed by atoms with E-state index in [0.29, 0.717) is 5.56 Å². The molecule has 74 valence electrons. The second-order valence-corrected chi connectivity index (χ2v) is 3.62. The van der Waals surface area contributed by atoms with E-state index < -0.39 is 6.43 Å². The molecule has 0 bridgehead atoms. The van der Waals surface area contributed by atoms with E-state index >= 15 is 0 Å². The highest BCUT2D eigenvalue weighted by Crippen LogP contribution is 2.32. The zero-order valence-corrected chi connectivity index (χ0v) is 9.11. The number of alkyl halides is 2. The Morgan fingerprint density at radius 2 is 2.29 bits per heavy atom. The summed E-state index contributed by atoms with van der Waals surface area (Å²) < 4.78 is 24.8. The molecule has 6 heteroatoms. The van der Waals surface area contributed by atoms with Gasteiger partial charge in [-0.3, -0.25) is 4.98 Å². The highest BCUT2D eigenvalue weighted by Gasteiger charge is 2.18. The summed E-state index contributed by atoms with van der Waals surface area (Å²) in [5, 5.41) is 8.67. The number of hydrogen-bond acceptors (Lipinski definition) is 2. The maximum Gasteiger partial charge on any atom is 0.281 e. The van der Waals surface area contributed by atoms with Crippen LogP contribution in [0.15, 0.2) is 10.7 Å². The molecule has 0 fully saturated rings. The van der Waals surface area contributed by atoms with Crippen molar-refractivity contribution in [2.75, 3.05) is 0 Å². The fraction of sp³-hybridized carbons (Fsp3) is 0.250. The number of rotatable bonds is 2. The first-order valence-electron chi connectivity index (χ1n) is 3.55. The first-order valence-corrected chi connectivity index (χ1v) is 4.73. The molecule has 0 aliphatic rings. The molecule has 0 radical (unpaired) electrons. The largest absolute Gasteiger partial charge is 0.281 e. The molecule has 1 aromatic heterocycles. The van der Waals surface area contributed by atoms with Gasteiger partial charge in [0.25, 0.3) is 6.43 Å². The molecule has 0 aromatic carbocycles. The summed E-state index contributed by atoms with van der Waals surface area (Å²) in [5.74, 6) is 0. The van der Waals surface area contributed by atoms with Gasteiger partial charge >= 0.3 is 0 Å². The molecule has 0 unspecified atom stereocenters. The Morgan fingerprint density at radius 3 is 2.79 bits per heavy atom. The van der Waals surface area contributed by atoms with Crippen LogP contribution >= 0.6 is 27.5 Å². The predicted molar refractivity (Wildman–Crippen MR) is 51.2 cm³/mol. The van der Waals surface area contributed by atoms with Crippen LogP contribution in [0.2, 0.25) is 5.02 Å². The summed E-state index contributed by atoms with van der Waals surface area (Å²) in [4.78, 5) is 3.48. The van der Waals surface area contributed by atoms with Gasteiger partial charge in [0.2, 0.25) is 0 Å². The smallest absolute Gasteiger partial charge is 0.253 e. The lowest BCUT2D eigenvalue weighted by Gasteiger charge is -2.07. The third-order valence-electron chi connectivity index (χ3n) is 1.56. The van der Waals surface area contributed by atoms with E-state index in [1.807, 2.05) is 6.07 Å².